The minimum atomic E-state index is -0.875. The molecule has 2 aliphatic rings. The van der Waals surface area contributed by atoms with E-state index in [1.807, 2.05) is 32.0 Å². The predicted molar refractivity (Wildman–Crippen MR) is 136 cm³/mol. The molecule has 1 aromatic heterocycles. The molecule has 1 aliphatic carbocycles. The minimum Gasteiger partial charge on any atom is -0.465 e. The maximum absolute atomic E-state index is 12.6. The summed E-state index contributed by atoms with van der Waals surface area (Å²) in [5.74, 6) is 0.752. The number of anilines is 1. The number of nitrogens with one attached hydrogen (secondary N) is 1. The van der Waals surface area contributed by atoms with Crippen LogP contribution in [0.15, 0.2) is 42.6 Å². The molecule has 5 rings (SSSR count). The van der Waals surface area contributed by atoms with Gasteiger partial charge in [0.05, 0.1) is 12.2 Å². The van der Waals surface area contributed by atoms with Crippen molar-refractivity contribution in [1.29, 1.82) is 0 Å². The van der Waals surface area contributed by atoms with Gasteiger partial charge in [-0.2, -0.15) is 5.10 Å². The quantitative estimate of drug-likeness (QED) is 0.568. The fraction of sp³-hybridized carbons (Fsp3) is 0.407. The average molecular weight is 474 g/mol. The van der Waals surface area contributed by atoms with Crippen LogP contribution >= 0.6 is 0 Å². The van der Waals surface area contributed by atoms with Gasteiger partial charge in [0.2, 0.25) is 0 Å². The van der Waals surface area contributed by atoms with Gasteiger partial charge >= 0.3 is 6.09 Å². The molecule has 1 saturated heterocycles. The van der Waals surface area contributed by atoms with Crippen molar-refractivity contribution in [2.24, 2.45) is 0 Å². The van der Waals surface area contributed by atoms with Gasteiger partial charge in [-0.1, -0.05) is 19.1 Å². The Bertz CT molecular complexity index is 1290. The number of carboxylic acid groups (broad SMARTS) is 1. The Morgan fingerprint density at radius 3 is 2.66 bits per heavy atom. The van der Waals surface area contributed by atoms with Gasteiger partial charge in [0.1, 0.15) is 0 Å². The number of benzene rings is 2. The number of fused-ring (bicyclic) bond motifs is 1. The highest BCUT2D eigenvalue weighted by atomic mass is 16.4. The molecule has 2 aromatic carbocycles. The standard InChI is InChI=1S/C27H31N5O3/c1-4-24-17(3)31(11-12-32(24)27(34)35)25-22-10-7-18(13-20(22)15-28-30-25)23-14-19(6-5-16(23)2)26(33)29-21-8-9-21/h5-7,10,13-15,17,21,24H,4,8-9,11-12H2,1-3H3,(H,29,33)(H,34,35)/t17-,24?/m0/s1. The summed E-state index contributed by atoms with van der Waals surface area (Å²) in [4.78, 5) is 28.0. The number of carbonyl (C=O) groups is 2. The zero-order valence-corrected chi connectivity index (χ0v) is 20.4. The van der Waals surface area contributed by atoms with Crippen LogP contribution in [0, 0.1) is 6.92 Å². The predicted octanol–water partition coefficient (Wildman–Crippen LogP) is 4.46. The van der Waals surface area contributed by atoms with Crippen molar-refractivity contribution in [1.82, 2.24) is 20.4 Å². The Morgan fingerprint density at radius 2 is 1.94 bits per heavy atom. The highest BCUT2D eigenvalue weighted by Crippen LogP contribution is 2.33. The number of rotatable bonds is 5. The number of carbonyl (C=O) groups excluding carboxylic acids is 1. The molecule has 0 radical (unpaired) electrons. The smallest absolute Gasteiger partial charge is 0.407 e. The summed E-state index contributed by atoms with van der Waals surface area (Å²) in [6, 6.07) is 12.2. The maximum atomic E-state index is 12.6. The van der Waals surface area contributed by atoms with Crippen LogP contribution in [0.25, 0.3) is 21.9 Å². The molecule has 3 aromatic rings. The van der Waals surface area contributed by atoms with Crippen LogP contribution in [0.2, 0.25) is 0 Å². The summed E-state index contributed by atoms with van der Waals surface area (Å²) < 4.78 is 0. The van der Waals surface area contributed by atoms with E-state index in [9.17, 15) is 14.7 Å². The van der Waals surface area contributed by atoms with E-state index in [2.05, 4.69) is 45.5 Å². The number of aryl methyl sites for hydroxylation is 1. The van der Waals surface area contributed by atoms with Gasteiger partial charge in [-0.3, -0.25) is 4.79 Å². The molecule has 1 aliphatic heterocycles. The topological polar surface area (TPSA) is 98.7 Å². The molecule has 1 saturated carbocycles. The van der Waals surface area contributed by atoms with Crippen LogP contribution in [0.1, 0.15) is 49.0 Å². The Balaban J connectivity index is 1.48. The zero-order valence-electron chi connectivity index (χ0n) is 20.4. The normalized spacial score (nSPS) is 20.2. The molecule has 8 nitrogen and oxygen atoms in total. The molecule has 182 valence electrons. The van der Waals surface area contributed by atoms with Crippen molar-refractivity contribution < 1.29 is 14.7 Å². The number of aromatic nitrogens is 2. The van der Waals surface area contributed by atoms with Crippen LogP contribution in [-0.4, -0.2) is 63.4 Å². The highest BCUT2D eigenvalue weighted by Gasteiger charge is 2.36. The van der Waals surface area contributed by atoms with E-state index in [-0.39, 0.29) is 18.0 Å². The summed E-state index contributed by atoms with van der Waals surface area (Å²) in [6.45, 7) is 7.12. The van der Waals surface area contributed by atoms with Gasteiger partial charge in [0.15, 0.2) is 5.82 Å². The van der Waals surface area contributed by atoms with E-state index >= 15 is 0 Å². The molecular weight excluding hydrogens is 442 g/mol. The third kappa shape index (κ3) is 4.40. The van der Waals surface area contributed by atoms with Gasteiger partial charge < -0.3 is 20.2 Å². The molecule has 2 heterocycles. The van der Waals surface area contributed by atoms with Crippen molar-refractivity contribution in [3.8, 4) is 11.1 Å². The van der Waals surface area contributed by atoms with Crippen molar-refractivity contribution in [2.75, 3.05) is 18.0 Å². The molecular formula is C27H31N5O3. The number of hydrogen-bond acceptors (Lipinski definition) is 5. The van der Waals surface area contributed by atoms with E-state index in [1.54, 1.807) is 6.20 Å². The number of hydrogen-bond donors (Lipinski definition) is 2. The van der Waals surface area contributed by atoms with E-state index in [1.165, 1.54) is 4.90 Å². The molecule has 0 bridgehead atoms. The van der Waals surface area contributed by atoms with E-state index in [4.69, 9.17) is 0 Å². The van der Waals surface area contributed by atoms with Gasteiger partial charge in [0.25, 0.3) is 5.91 Å². The molecule has 2 N–H and O–H groups in total. The molecule has 1 unspecified atom stereocenters. The van der Waals surface area contributed by atoms with Gasteiger partial charge in [0, 0.05) is 41.5 Å². The van der Waals surface area contributed by atoms with Crippen molar-refractivity contribution >= 4 is 28.6 Å². The Kier molecular flexibility index (Phi) is 6.05. The lowest BCUT2D eigenvalue weighted by atomic mass is 9.95. The SMILES string of the molecule is CCC1[C@H](C)N(c2nncc3cc(-c4cc(C(=O)NC5CC5)ccc4C)ccc23)CCN1C(=O)O. The van der Waals surface area contributed by atoms with Crippen molar-refractivity contribution in [2.45, 2.75) is 58.2 Å². The largest absolute Gasteiger partial charge is 0.465 e. The fourth-order valence-electron chi connectivity index (χ4n) is 5.17. The van der Waals surface area contributed by atoms with Crippen LogP contribution in [0.5, 0.6) is 0 Å². The molecule has 2 amide bonds. The van der Waals surface area contributed by atoms with Crippen LogP contribution in [0.4, 0.5) is 10.6 Å². The van der Waals surface area contributed by atoms with Crippen LogP contribution < -0.4 is 10.2 Å². The minimum absolute atomic E-state index is 0.0201. The summed E-state index contributed by atoms with van der Waals surface area (Å²) >= 11 is 0. The molecule has 2 fully saturated rings. The molecule has 35 heavy (non-hydrogen) atoms. The molecule has 2 atom stereocenters. The number of piperazine rings is 1. The Morgan fingerprint density at radius 1 is 1.14 bits per heavy atom. The second kappa shape index (κ2) is 9.17. The lowest BCUT2D eigenvalue weighted by molar-refractivity contribution is 0.0950. The van der Waals surface area contributed by atoms with Crippen LogP contribution in [-0.2, 0) is 0 Å². The first-order valence-corrected chi connectivity index (χ1v) is 12.3. The van der Waals surface area contributed by atoms with Gasteiger partial charge in [-0.25, -0.2) is 4.79 Å². The first-order chi connectivity index (χ1) is 16.9. The maximum Gasteiger partial charge on any atom is 0.407 e. The Labute approximate surface area is 204 Å². The summed E-state index contributed by atoms with van der Waals surface area (Å²) in [5.41, 5.74) is 3.80. The average Bonchev–Trinajstić information content (AvgIpc) is 3.67. The van der Waals surface area contributed by atoms with E-state index in [0.29, 0.717) is 24.7 Å². The van der Waals surface area contributed by atoms with Crippen molar-refractivity contribution in [3.05, 3.63) is 53.7 Å². The zero-order chi connectivity index (χ0) is 24.7. The monoisotopic (exact) mass is 473 g/mol. The fourth-order valence-corrected chi connectivity index (χ4v) is 5.17. The molecule has 0 spiro atoms. The number of nitrogens with zero attached hydrogens (tertiary/aromatic N) is 4. The van der Waals surface area contributed by atoms with Gasteiger partial charge in [-0.15, -0.1) is 5.10 Å². The Hall–Kier alpha value is -3.68. The van der Waals surface area contributed by atoms with E-state index < -0.39 is 6.09 Å². The third-order valence-electron chi connectivity index (χ3n) is 7.33. The lowest BCUT2D eigenvalue weighted by Gasteiger charge is -2.45. The lowest BCUT2D eigenvalue weighted by Crippen LogP contribution is -2.60. The number of amides is 2. The van der Waals surface area contributed by atoms with E-state index in [0.717, 1.165) is 52.5 Å². The van der Waals surface area contributed by atoms with Gasteiger partial charge in [-0.05, 0) is 74.1 Å². The molecule has 8 heteroatoms. The first kappa shape index (κ1) is 23.1. The first-order valence-electron chi connectivity index (χ1n) is 12.3. The summed E-state index contributed by atoms with van der Waals surface area (Å²) in [7, 11) is 0. The second-order valence-corrected chi connectivity index (χ2v) is 9.63. The highest BCUT2D eigenvalue weighted by molar-refractivity contribution is 5.98. The van der Waals surface area contributed by atoms with Crippen molar-refractivity contribution in [3.63, 3.8) is 0 Å². The second-order valence-electron chi connectivity index (χ2n) is 9.63. The van der Waals surface area contributed by atoms with Crippen LogP contribution in [0.3, 0.4) is 0 Å². The third-order valence-corrected chi connectivity index (χ3v) is 7.33. The summed E-state index contributed by atoms with van der Waals surface area (Å²) in [6.07, 6.45) is 3.73. The summed E-state index contributed by atoms with van der Waals surface area (Å²) in [5, 5.41) is 23.4.